The third kappa shape index (κ3) is 4.21. The number of hydrogen-bond donors (Lipinski definition) is 1. The molecular formula is C13H24N6O. The lowest BCUT2D eigenvalue weighted by Crippen LogP contribution is -2.50. The van der Waals surface area contributed by atoms with Gasteiger partial charge in [0.15, 0.2) is 0 Å². The second-order valence-corrected chi connectivity index (χ2v) is 5.46. The molecule has 0 aliphatic carbocycles. The molecule has 1 saturated heterocycles. The Balaban J connectivity index is 1.74. The van der Waals surface area contributed by atoms with Crippen molar-refractivity contribution < 1.29 is 4.79 Å². The molecule has 2 heterocycles. The monoisotopic (exact) mass is 280 g/mol. The highest BCUT2D eigenvalue weighted by atomic mass is 16.2. The van der Waals surface area contributed by atoms with Gasteiger partial charge >= 0.3 is 0 Å². The van der Waals surface area contributed by atoms with Crippen molar-refractivity contribution >= 4 is 11.7 Å². The Labute approximate surface area is 119 Å². The molecule has 7 nitrogen and oxygen atoms in total. The molecule has 1 aromatic heterocycles. The summed E-state index contributed by atoms with van der Waals surface area (Å²) in [6.45, 7) is 5.87. The van der Waals surface area contributed by atoms with E-state index >= 15 is 0 Å². The second kappa shape index (κ2) is 6.71. The van der Waals surface area contributed by atoms with Gasteiger partial charge in [-0.2, -0.15) is 5.10 Å². The predicted molar refractivity (Wildman–Crippen MR) is 78.2 cm³/mol. The SMILES string of the molecule is CN(C)CCN1CCN(C(=O)Cn2ccc(N)n2)CC1. The fourth-order valence-electron chi connectivity index (χ4n) is 2.27. The molecule has 1 aliphatic heterocycles. The van der Waals surface area contributed by atoms with Crippen LogP contribution in [0.25, 0.3) is 0 Å². The van der Waals surface area contributed by atoms with Crippen LogP contribution in [0.1, 0.15) is 0 Å². The molecule has 1 amide bonds. The number of anilines is 1. The van der Waals surface area contributed by atoms with Gasteiger partial charge in [0.2, 0.25) is 5.91 Å². The number of amides is 1. The molecule has 1 aromatic rings. The van der Waals surface area contributed by atoms with Gasteiger partial charge in [0.1, 0.15) is 12.4 Å². The summed E-state index contributed by atoms with van der Waals surface area (Å²) in [6.07, 6.45) is 1.74. The summed E-state index contributed by atoms with van der Waals surface area (Å²) in [5, 5.41) is 4.04. The fourth-order valence-corrected chi connectivity index (χ4v) is 2.27. The summed E-state index contributed by atoms with van der Waals surface area (Å²) in [5.41, 5.74) is 5.54. The maximum absolute atomic E-state index is 12.1. The van der Waals surface area contributed by atoms with Crippen LogP contribution in [0.2, 0.25) is 0 Å². The summed E-state index contributed by atoms with van der Waals surface area (Å²) in [5.74, 6) is 0.562. The largest absolute Gasteiger partial charge is 0.382 e. The number of aromatic nitrogens is 2. The van der Waals surface area contributed by atoms with Gasteiger partial charge in [0, 0.05) is 45.5 Å². The molecule has 20 heavy (non-hydrogen) atoms. The number of piperazine rings is 1. The molecular weight excluding hydrogens is 256 g/mol. The van der Waals surface area contributed by atoms with E-state index < -0.39 is 0 Å². The minimum Gasteiger partial charge on any atom is -0.382 e. The third-order valence-corrected chi connectivity index (χ3v) is 3.55. The maximum atomic E-state index is 12.1. The smallest absolute Gasteiger partial charge is 0.244 e. The number of rotatable bonds is 5. The first-order chi connectivity index (χ1) is 9.54. The number of nitrogens with zero attached hydrogens (tertiary/aromatic N) is 5. The molecule has 112 valence electrons. The van der Waals surface area contributed by atoms with Gasteiger partial charge in [0.05, 0.1) is 0 Å². The standard InChI is InChI=1S/C13H24N6O/c1-16(2)5-6-17-7-9-18(10-8-17)13(20)11-19-4-3-12(14)15-19/h3-4H,5-11H2,1-2H3,(H2,14,15). The summed E-state index contributed by atoms with van der Waals surface area (Å²) in [7, 11) is 4.16. The Kier molecular flexibility index (Phi) is 4.97. The second-order valence-electron chi connectivity index (χ2n) is 5.46. The minimum absolute atomic E-state index is 0.111. The topological polar surface area (TPSA) is 70.6 Å². The molecule has 2 rings (SSSR count). The highest BCUT2D eigenvalue weighted by Gasteiger charge is 2.21. The predicted octanol–water partition coefficient (Wildman–Crippen LogP) is -0.829. The normalized spacial score (nSPS) is 16.9. The first-order valence-electron chi connectivity index (χ1n) is 6.98. The van der Waals surface area contributed by atoms with Crippen molar-refractivity contribution in [1.82, 2.24) is 24.5 Å². The van der Waals surface area contributed by atoms with E-state index in [0.717, 1.165) is 39.3 Å². The third-order valence-electron chi connectivity index (χ3n) is 3.55. The van der Waals surface area contributed by atoms with Crippen LogP contribution in [0.3, 0.4) is 0 Å². The van der Waals surface area contributed by atoms with Crippen LogP contribution >= 0.6 is 0 Å². The van der Waals surface area contributed by atoms with E-state index in [9.17, 15) is 4.79 Å². The Hall–Kier alpha value is -1.60. The summed E-state index contributed by atoms with van der Waals surface area (Å²) >= 11 is 0. The van der Waals surface area contributed by atoms with E-state index in [1.165, 1.54) is 0 Å². The van der Waals surface area contributed by atoms with E-state index in [-0.39, 0.29) is 12.5 Å². The number of carbonyl (C=O) groups excluding carboxylic acids is 1. The van der Waals surface area contributed by atoms with E-state index in [4.69, 9.17) is 5.73 Å². The lowest BCUT2D eigenvalue weighted by atomic mass is 10.3. The summed E-state index contributed by atoms with van der Waals surface area (Å²) in [6, 6.07) is 1.70. The van der Waals surface area contributed by atoms with Gasteiger partial charge in [-0.3, -0.25) is 14.4 Å². The van der Waals surface area contributed by atoms with Crippen LogP contribution in [-0.4, -0.2) is 83.8 Å². The number of hydrogen-bond acceptors (Lipinski definition) is 5. The van der Waals surface area contributed by atoms with Crippen molar-refractivity contribution in [3.63, 3.8) is 0 Å². The molecule has 0 saturated carbocycles. The lowest BCUT2D eigenvalue weighted by Gasteiger charge is -2.35. The zero-order chi connectivity index (χ0) is 14.5. The van der Waals surface area contributed by atoms with Crippen molar-refractivity contribution in [2.75, 3.05) is 59.1 Å². The molecule has 2 N–H and O–H groups in total. The van der Waals surface area contributed by atoms with Crippen LogP contribution in [0.4, 0.5) is 5.82 Å². The Morgan fingerprint density at radius 1 is 1.35 bits per heavy atom. The van der Waals surface area contributed by atoms with Gasteiger partial charge in [0.25, 0.3) is 0 Å². The van der Waals surface area contributed by atoms with Gasteiger partial charge in [-0.25, -0.2) is 0 Å². The van der Waals surface area contributed by atoms with Crippen LogP contribution in [-0.2, 0) is 11.3 Å². The Morgan fingerprint density at radius 2 is 2.05 bits per heavy atom. The summed E-state index contributed by atoms with van der Waals surface area (Å²) in [4.78, 5) is 18.6. The van der Waals surface area contributed by atoms with E-state index in [1.54, 1.807) is 16.9 Å². The van der Waals surface area contributed by atoms with Crippen molar-refractivity contribution in [3.8, 4) is 0 Å². The zero-order valence-electron chi connectivity index (χ0n) is 12.3. The molecule has 0 bridgehead atoms. The molecule has 0 aromatic carbocycles. The first-order valence-corrected chi connectivity index (χ1v) is 6.98. The molecule has 7 heteroatoms. The molecule has 0 unspecified atom stereocenters. The zero-order valence-corrected chi connectivity index (χ0v) is 12.3. The van der Waals surface area contributed by atoms with Gasteiger partial charge < -0.3 is 15.5 Å². The van der Waals surface area contributed by atoms with Crippen molar-refractivity contribution in [3.05, 3.63) is 12.3 Å². The Morgan fingerprint density at radius 3 is 2.60 bits per heavy atom. The molecule has 0 spiro atoms. The van der Waals surface area contributed by atoms with Crippen molar-refractivity contribution in [1.29, 1.82) is 0 Å². The average molecular weight is 280 g/mol. The first kappa shape index (κ1) is 14.8. The van der Waals surface area contributed by atoms with Crippen LogP contribution < -0.4 is 5.73 Å². The van der Waals surface area contributed by atoms with Crippen LogP contribution in [0.5, 0.6) is 0 Å². The van der Waals surface area contributed by atoms with Crippen LogP contribution in [0.15, 0.2) is 12.3 Å². The molecule has 0 atom stereocenters. The highest BCUT2D eigenvalue weighted by molar-refractivity contribution is 5.76. The molecule has 1 aliphatic rings. The lowest BCUT2D eigenvalue weighted by molar-refractivity contribution is -0.133. The van der Waals surface area contributed by atoms with Crippen molar-refractivity contribution in [2.24, 2.45) is 0 Å². The fraction of sp³-hybridized carbons (Fsp3) is 0.692. The molecule has 0 radical (unpaired) electrons. The van der Waals surface area contributed by atoms with Crippen LogP contribution in [0, 0.1) is 0 Å². The van der Waals surface area contributed by atoms with E-state index in [1.807, 2.05) is 4.90 Å². The number of nitrogen functional groups attached to an aromatic ring is 1. The highest BCUT2D eigenvalue weighted by Crippen LogP contribution is 2.04. The number of nitrogens with two attached hydrogens (primary N) is 1. The molecule has 1 fully saturated rings. The van der Waals surface area contributed by atoms with Gasteiger partial charge in [-0.1, -0.05) is 0 Å². The van der Waals surface area contributed by atoms with Gasteiger partial charge in [-0.05, 0) is 20.2 Å². The number of carbonyl (C=O) groups is 1. The average Bonchev–Trinajstić information content (AvgIpc) is 2.82. The van der Waals surface area contributed by atoms with E-state index in [0.29, 0.717) is 5.82 Å². The van der Waals surface area contributed by atoms with Crippen molar-refractivity contribution in [2.45, 2.75) is 6.54 Å². The van der Waals surface area contributed by atoms with E-state index in [2.05, 4.69) is 29.0 Å². The van der Waals surface area contributed by atoms with Gasteiger partial charge in [-0.15, -0.1) is 0 Å². The maximum Gasteiger partial charge on any atom is 0.244 e. The number of likely N-dealkylation sites (N-methyl/N-ethyl adjacent to an activating group) is 1. The Bertz CT molecular complexity index is 436. The summed E-state index contributed by atoms with van der Waals surface area (Å²) < 4.78 is 1.59. The minimum atomic E-state index is 0.111. The quantitative estimate of drug-likeness (QED) is 0.762.